The maximum absolute atomic E-state index is 12.3. The lowest BCUT2D eigenvalue weighted by atomic mass is 10.3. The topological polar surface area (TPSA) is 87.7 Å². The Labute approximate surface area is 158 Å². The zero-order valence-electron chi connectivity index (χ0n) is 15.5. The van der Waals surface area contributed by atoms with Crippen molar-refractivity contribution >= 4 is 23.8 Å². The van der Waals surface area contributed by atoms with Crippen LogP contribution in [0.15, 0.2) is 36.7 Å². The Bertz CT molecular complexity index is 769. The fourth-order valence-corrected chi connectivity index (χ4v) is 2.74. The van der Waals surface area contributed by atoms with Gasteiger partial charge in [-0.25, -0.2) is 9.97 Å². The van der Waals surface area contributed by atoms with Crippen LogP contribution in [0.4, 0.5) is 11.5 Å². The first-order valence-electron chi connectivity index (χ1n) is 8.89. The molecule has 0 unspecified atom stereocenters. The average Bonchev–Trinajstić information content (AvgIpc) is 2.69. The predicted molar refractivity (Wildman–Crippen MR) is 102 cm³/mol. The molecule has 8 nitrogen and oxygen atoms in total. The monoisotopic (exact) mass is 369 g/mol. The minimum Gasteiger partial charge on any atom is -0.491 e. The van der Waals surface area contributed by atoms with E-state index in [0.717, 1.165) is 12.2 Å². The molecule has 0 radical (unpaired) electrons. The van der Waals surface area contributed by atoms with E-state index in [4.69, 9.17) is 4.74 Å². The molecule has 0 spiro atoms. The van der Waals surface area contributed by atoms with Gasteiger partial charge in [0.15, 0.2) is 0 Å². The second-order valence-electron chi connectivity index (χ2n) is 6.53. The van der Waals surface area contributed by atoms with Crippen molar-refractivity contribution in [3.05, 3.63) is 42.4 Å². The Kier molecular flexibility index (Phi) is 5.85. The summed E-state index contributed by atoms with van der Waals surface area (Å²) >= 11 is 0. The van der Waals surface area contributed by atoms with E-state index in [2.05, 4.69) is 15.3 Å². The van der Waals surface area contributed by atoms with Gasteiger partial charge in [0, 0.05) is 31.9 Å². The largest absolute Gasteiger partial charge is 0.491 e. The van der Waals surface area contributed by atoms with E-state index in [1.165, 1.54) is 6.20 Å². The first-order chi connectivity index (χ1) is 13.0. The number of nitrogens with one attached hydrogen (secondary N) is 1. The second kappa shape index (κ2) is 8.48. The van der Waals surface area contributed by atoms with Crippen LogP contribution in [0, 0.1) is 0 Å². The number of piperazine rings is 1. The number of rotatable bonds is 6. The van der Waals surface area contributed by atoms with Crippen LogP contribution >= 0.6 is 0 Å². The Morgan fingerprint density at radius 1 is 1.11 bits per heavy atom. The molecule has 8 heteroatoms. The molecule has 0 saturated carbocycles. The first kappa shape index (κ1) is 18.6. The highest BCUT2D eigenvalue weighted by Crippen LogP contribution is 2.18. The normalized spacial score (nSPS) is 14.2. The molecule has 1 fully saturated rings. The zero-order valence-corrected chi connectivity index (χ0v) is 15.5. The van der Waals surface area contributed by atoms with Gasteiger partial charge in [-0.2, -0.15) is 0 Å². The zero-order chi connectivity index (χ0) is 19.2. The van der Waals surface area contributed by atoms with Crippen molar-refractivity contribution in [3.8, 4) is 5.75 Å². The summed E-state index contributed by atoms with van der Waals surface area (Å²) in [5.74, 6) is 1.13. The number of carbonyl (C=O) groups is 2. The molecule has 1 aromatic heterocycles. The van der Waals surface area contributed by atoms with Gasteiger partial charge in [-0.05, 0) is 38.1 Å². The lowest BCUT2D eigenvalue weighted by Crippen LogP contribution is -2.46. The molecule has 27 heavy (non-hydrogen) atoms. The molecule has 2 heterocycles. The first-order valence-corrected chi connectivity index (χ1v) is 8.89. The summed E-state index contributed by atoms with van der Waals surface area (Å²) in [5, 5.41) is 2.80. The molecule has 142 valence electrons. The third kappa shape index (κ3) is 4.93. The molecule has 2 aromatic rings. The standard InChI is InChI=1S/C19H23N5O3/c1-14(2)27-16-5-3-15(4-6-16)22-19(26)17-11-21-18(12-20-17)24-9-7-23(13-25)8-10-24/h3-6,11-14H,7-10H2,1-2H3,(H,22,26). The molecule has 1 saturated heterocycles. The van der Waals surface area contributed by atoms with Gasteiger partial charge < -0.3 is 19.9 Å². The van der Waals surface area contributed by atoms with Crippen LogP contribution in [-0.4, -0.2) is 59.5 Å². The fraction of sp³-hybridized carbons (Fsp3) is 0.368. The maximum Gasteiger partial charge on any atom is 0.275 e. The summed E-state index contributed by atoms with van der Waals surface area (Å²) in [6, 6.07) is 7.18. The molecule has 1 aromatic carbocycles. The van der Waals surface area contributed by atoms with Crippen molar-refractivity contribution in [1.29, 1.82) is 0 Å². The van der Waals surface area contributed by atoms with Gasteiger partial charge in [0.05, 0.1) is 18.5 Å². The van der Waals surface area contributed by atoms with Crippen molar-refractivity contribution in [2.24, 2.45) is 0 Å². The molecule has 2 amide bonds. The highest BCUT2D eigenvalue weighted by molar-refractivity contribution is 6.02. The van der Waals surface area contributed by atoms with E-state index >= 15 is 0 Å². The Balaban J connectivity index is 1.58. The number of amides is 2. The van der Waals surface area contributed by atoms with Crippen LogP contribution in [0.2, 0.25) is 0 Å². The molecule has 3 rings (SSSR count). The van der Waals surface area contributed by atoms with Crippen LogP contribution in [0.25, 0.3) is 0 Å². The number of carbonyl (C=O) groups excluding carboxylic acids is 2. The molecule has 0 bridgehead atoms. The third-order valence-electron chi connectivity index (χ3n) is 4.14. The number of anilines is 2. The van der Waals surface area contributed by atoms with Gasteiger partial charge in [0.1, 0.15) is 17.3 Å². The smallest absolute Gasteiger partial charge is 0.275 e. The molecule has 0 aliphatic carbocycles. The van der Waals surface area contributed by atoms with E-state index < -0.39 is 0 Å². The quantitative estimate of drug-likeness (QED) is 0.781. The molecular weight excluding hydrogens is 346 g/mol. The van der Waals surface area contributed by atoms with E-state index in [0.29, 0.717) is 37.7 Å². The van der Waals surface area contributed by atoms with Crippen LogP contribution in [-0.2, 0) is 4.79 Å². The van der Waals surface area contributed by atoms with E-state index in [1.807, 2.05) is 30.9 Å². The number of benzene rings is 1. The van der Waals surface area contributed by atoms with Crippen molar-refractivity contribution in [3.63, 3.8) is 0 Å². The molecular formula is C19H23N5O3. The summed E-state index contributed by atoms with van der Waals surface area (Å²) in [5.41, 5.74) is 0.903. The summed E-state index contributed by atoms with van der Waals surface area (Å²) in [4.78, 5) is 35.4. The predicted octanol–water partition coefficient (Wildman–Crippen LogP) is 1.79. The molecule has 1 aliphatic rings. The van der Waals surface area contributed by atoms with Crippen LogP contribution in [0.5, 0.6) is 5.75 Å². The van der Waals surface area contributed by atoms with E-state index in [-0.39, 0.29) is 17.7 Å². The SMILES string of the molecule is CC(C)Oc1ccc(NC(=O)c2cnc(N3CCN(C=O)CC3)cn2)cc1. The van der Waals surface area contributed by atoms with Crippen molar-refractivity contribution in [2.75, 3.05) is 36.4 Å². The van der Waals surface area contributed by atoms with Crippen LogP contribution in [0.3, 0.4) is 0 Å². The summed E-state index contributed by atoms with van der Waals surface area (Å²) < 4.78 is 5.58. The summed E-state index contributed by atoms with van der Waals surface area (Å²) in [7, 11) is 0. The van der Waals surface area contributed by atoms with Gasteiger partial charge in [-0.3, -0.25) is 9.59 Å². The molecule has 1 N–H and O–H groups in total. The number of nitrogens with zero attached hydrogens (tertiary/aromatic N) is 4. The summed E-state index contributed by atoms with van der Waals surface area (Å²) in [6.07, 6.45) is 4.01. The van der Waals surface area contributed by atoms with Gasteiger partial charge >= 0.3 is 0 Å². The van der Waals surface area contributed by atoms with Crippen molar-refractivity contribution in [2.45, 2.75) is 20.0 Å². The third-order valence-corrected chi connectivity index (χ3v) is 4.14. The van der Waals surface area contributed by atoms with Gasteiger partial charge in [-0.15, -0.1) is 0 Å². The molecule has 0 atom stereocenters. The maximum atomic E-state index is 12.3. The highest BCUT2D eigenvalue weighted by atomic mass is 16.5. The summed E-state index contributed by atoms with van der Waals surface area (Å²) in [6.45, 7) is 6.63. The van der Waals surface area contributed by atoms with Gasteiger partial charge in [0.2, 0.25) is 6.41 Å². The minimum atomic E-state index is -0.322. The number of aromatic nitrogens is 2. The van der Waals surface area contributed by atoms with Crippen molar-refractivity contribution in [1.82, 2.24) is 14.9 Å². The van der Waals surface area contributed by atoms with E-state index in [1.54, 1.807) is 23.2 Å². The lowest BCUT2D eigenvalue weighted by Gasteiger charge is -2.33. The molecule has 1 aliphatic heterocycles. The number of ether oxygens (including phenoxy) is 1. The minimum absolute atomic E-state index is 0.0978. The fourth-order valence-electron chi connectivity index (χ4n) is 2.74. The Morgan fingerprint density at radius 2 is 1.81 bits per heavy atom. The van der Waals surface area contributed by atoms with Crippen LogP contribution in [0.1, 0.15) is 24.3 Å². The highest BCUT2D eigenvalue weighted by Gasteiger charge is 2.17. The second-order valence-corrected chi connectivity index (χ2v) is 6.53. The number of hydrogen-bond donors (Lipinski definition) is 1. The van der Waals surface area contributed by atoms with Gasteiger partial charge in [0.25, 0.3) is 5.91 Å². The van der Waals surface area contributed by atoms with Gasteiger partial charge in [-0.1, -0.05) is 0 Å². The van der Waals surface area contributed by atoms with Crippen molar-refractivity contribution < 1.29 is 14.3 Å². The average molecular weight is 369 g/mol. The lowest BCUT2D eigenvalue weighted by molar-refractivity contribution is -0.118. The Hall–Kier alpha value is -3.16. The Morgan fingerprint density at radius 3 is 2.37 bits per heavy atom. The number of hydrogen-bond acceptors (Lipinski definition) is 6. The van der Waals surface area contributed by atoms with E-state index in [9.17, 15) is 9.59 Å². The van der Waals surface area contributed by atoms with Crippen LogP contribution < -0.4 is 15.0 Å².